The highest BCUT2D eigenvalue weighted by Gasteiger charge is 2.35. The molecule has 0 saturated carbocycles. The molecule has 170 valence electrons. The van der Waals surface area contributed by atoms with Crippen LogP contribution in [-0.2, 0) is 10.0 Å². The van der Waals surface area contributed by atoms with Gasteiger partial charge in [-0.1, -0.05) is 36.4 Å². The Morgan fingerprint density at radius 1 is 0.941 bits per heavy atom. The van der Waals surface area contributed by atoms with E-state index in [0.29, 0.717) is 16.7 Å². The quantitative estimate of drug-likeness (QED) is 0.358. The lowest BCUT2D eigenvalue weighted by Crippen LogP contribution is -2.20. The molecule has 0 aliphatic rings. The smallest absolute Gasteiger partial charge is 0.338 e. The molecule has 0 atom stereocenters. The van der Waals surface area contributed by atoms with Gasteiger partial charge >= 0.3 is 5.97 Å². The van der Waals surface area contributed by atoms with Crippen molar-refractivity contribution in [3.05, 3.63) is 95.9 Å². The average Bonchev–Trinajstić information content (AvgIpc) is 3.43. The monoisotopic (exact) mass is 475 g/mol. The predicted octanol–water partition coefficient (Wildman–Crippen LogP) is 4.56. The number of furan rings is 1. The number of carbonyl (C=O) groups excluding carboxylic acids is 1. The van der Waals surface area contributed by atoms with E-state index < -0.39 is 33.0 Å². The molecule has 2 heterocycles. The van der Waals surface area contributed by atoms with E-state index in [1.54, 1.807) is 42.5 Å². The van der Waals surface area contributed by atoms with E-state index in [1.165, 1.54) is 43.5 Å². The number of rotatable bonds is 6. The molecule has 0 radical (unpaired) electrons. The Labute approximate surface area is 193 Å². The molecule has 0 unspecified atom stereocenters. The zero-order valence-corrected chi connectivity index (χ0v) is 18.6. The third-order valence-corrected chi connectivity index (χ3v) is 7.22. The third kappa shape index (κ3) is 3.25. The molecule has 9 heteroatoms. The van der Waals surface area contributed by atoms with Crippen LogP contribution in [-0.4, -0.2) is 36.4 Å². The number of fused-ring (bicyclic) bond motifs is 2. The van der Waals surface area contributed by atoms with E-state index in [1.807, 2.05) is 0 Å². The molecule has 34 heavy (non-hydrogen) atoms. The molecule has 0 spiro atoms. The first-order chi connectivity index (χ1) is 16.3. The van der Waals surface area contributed by atoms with Crippen molar-refractivity contribution in [2.45, 2.75) is 4.90 Å². The second-order valence-electron chi connectivity index (χ2n) is 7.47. The SMILES string of the molecule is COc1ccc2c(c1)c(C(=O)O)c(C(=O)c1cc3ccccc3o1)n2S(=O)(=O)c1ccccc1. The summed E-state index contributed by atoms with van der Waals surface area (Å²) in [5.74, 6) is -2.20. The van der Waals surface area contributed by atoms with Gasteiger partial charge in [-0.15, -0.1) is 0 Å². The fourth-order valence-corrected chi connectivity index (χ4v) is 5.49. The van der Waals surface area contributed by atoms with Gasteiger partial charge in [-0.3, -0.25) is 4.79 Å². The Morgan fingerprint density at radius 2 is 1.65 bits per heavy atom. The molecule has 0 amide bonds. The summed E-state index contributed by atoms with van der Waals surface area (Å²) < 4.78 is 39.1. The van der Waals surface area contributed by atoms with Gasteiger partial charge < -0.3 is 14.3 Å². The van der Waals surface area contributed by atoms with Crippen molar-refractivity contribution < 1.29 is 32.3 Å². The van der Waals surface area contributed by atoms with Crippen molar-refractivity contribution in [3.8, 4) is 5.75 Å². The molecule has 2 aromatic heterocycles. The lowest BCUT2D eigenvalue weighted by atomic mass is 10.1. The fraction of sp³-hybridized carbons (Fsp3) is 0.0400. The summed E-state index contributed by atoms with van der Waals surface area (Å²) >= 11 is 0. The number of hydrogen-bond acceptors (Lipinski definition) is 6. The fourth-order valence-electron chi connectivity index (χ4n) is 3.95. The highest BCUT2D eigenvalue weighted by Crippen LogP contribution is 2.35. The van der Waals surface area contributed by atoms with Crippen molar-refractivity contribution >= 4 is 43.6 Å². The maximum atomic E-state index is 13.7. The van der Waals surface area contributed by atoms with Gasteiger partial charge in [0.25, 0.3) is 10.0 Å². The number of benzene rings is 3. The summed E-state index contributed by atoms with van der Waals surface area (Å²) in [6.07, 6.45) is 0. The minimum Gasteiger partial charge on any atom is -0.497 e. The number of carboxylic acid groups (broad SMARTS) is 1. The number of carboxylic acids is 1. The Kier molecular flexibility index (Phi) is 4.98. The van der Waals surface area contributed by atoms with Gasteiger partial charge in [-0.05, 0) is 42.5 Å². The normalized spacial score (nSPS) is 11.7. The first kappa shape index (κ1) is 21.5. The standard InChI is InChI=1S/C25H17NO7S/c1-32-16-11-12-19-18(14-16)22(25(28)29)23(26(19)34(30,31)17-8-3-2-4-9-17)24(27)21-13-15-7-5-6-10-20(15)33-21/h2-14H,1H3,(H,28,29). The minimum atomic E-state index is -4.36. The predicted molar refractivity (Wildman–Crippen MR) is 124 cm³/mol. The van der Waals surface area contributed by atoms with Gasteiger partial charge in [0.15, 0.2) is 5.76 Å². The number of hydrogen-bond donors (Lipinski definition) is 1. The molecule has 1 N–H and O–H groups in total. The second kappa shape index (κ2) is 7.89. The highest BCUT2D eigenvalue weighted by atomic mass is 32.2. The van der Waals surface area contributed by atoms with Crippen LogP contribution in [0.3, 0.4) is 0 Å². The van der Waals surface area contributed by atoms with Crippen molar-refractivity contribution in [1.29, 1.82) is 0 Å². The summed E-state index contributed by atoms with van der Waals surface area (Å²) in [4.78, 5) is 26.0. The molecule has 0 saturated heterocycles. The first-order valence-corrected chi connectivity index (χ1v) is 11.6. The third-order valence-electron chi connectivity index (χ3n) is 5.49. The van der Waals surface area contributed by atoms with E-state index in [2.05, 4.69) is 0 Å². The van der Waals surface area contributed by atoms with E-state index in [4.69, 9.17) is 9.15 Å². The number of aromatic carboxylic acids is 1. The van der Waals surface area contributed by atoms with Crippen molar-refractivity contribution in [3.63, 3.8) is 0 Å². The molecule has 5 rings (SSSR count). The van der Waals surface area contributed by atoms with Crippen molar-refractivity contribution in [2.24, 2.45) is 0 Å². The Balaban J connectivity index is 1.89. The summed E-state index contributed by atoms with van der Waals surface area (Å²) in [6, 6.07) is 20.1. The molecule has 0 fully saturated rings. The van der Waals surface area contributed by atoms with E-state index in [9.17, 15) is 23.1 Å². The van der Waals surface area contributed by atoms with Gasteiger partial charge in [0, 0.05) is 10.8 Å². The first-order valence-electron chi connectivity index (χ1n) is 10.1. The van der Waals surface area contributed by atoms with Gasteiger partial charge in [-0.25, -0.2) is 17.2 Å². The number of carbonyl (C=O) groups is 2. The second-order valence-corrected chi connectivity index (χ2v) is 9.26. The highest BCUT2D eigenvalue weighted by molar-refractivity contribution is 7.90. The summed E-state index contributed by atoms with van der Waals surface area (Å²) in [6.45, 7) is 0. The summed E-state index contributed by atoms with van der Waals surface area (Å²) in [5.41, 5.74) is -0.544. The number of ketones is 1. The zero-order chi connectivity index (χ0) is 24.0. The van der Waals surface area contributed by atoms with Crippen LogP contribution in [0.2, 0.25) is 0 Å². The van der Waals surface area contributed by atoms with Gasteiger partial charge in [-0.2, -0.15) is 0 Å². The Hall–Kier alpha value is -4.37. The van der Waals surface area contributed by atoms with Crippen LogP contribution in [0.25, 0.3) is 21.9 Å². The molecule has 3 aromatic carbocycles. The van der Waals surface area contributed by atoms with Crippen LogP contribution in [0, 0.1) is 0 Å². The van der Waals surface area contributed by atoms with Gasteiger partial charge in [0.1, 0.15) is 17.0 Å². The molecule has 8 nitrogen and oxygen atoms in total. The number of ether oxygens (including phenoxy) is 1. The summed E-state index contributed by atoms with van der Waals surface area (Å²) in [5, 5.41) is 10.8. The number of nitrogens with zero attached hydrogens (tertiary/aromatic N) is 1. The number of aromatic nitrogens is 1. The number of methoxy groups -OCH3 is 1. The zero-order valence-electron chi connectivity index (χ0n) is 17.8. The molecule has 5 aromatic rings. The largest absolute Gasteiger partial charge is 0.497 e. The van der Waals surface area contributed by atoms with Crippen LogP contribution < -0.4 is 4.74 Å². The van der Waals surface area contributed by atoms with E-state index >= 15 is 0 Å². The van der Waals surface area contributed by atoms with Crippen LogP contribution >= 0.6 is 0 Å². The minimum absolute atomic E-state index is 0.0292. The lowest BCUT2D eigenvalue weighted by molar-refractivity contribution is 0.0694. The van der Waals surface area contributed by atoms with E-state index in [0.717, 1.165) is 3.97 Å². The maximum absolute atomic E-state index is 13.7. The molecule has 0 aliphatic carbocycles. The molecular weight excluding hydrogens is 458 g/mol. The van der Waals surface area contributed by atoms with Crippen molar-refractivity contribution in [1.82, 2.24) is 3.97 Å². The van der Waals surface area contributed by atoms with Crippen LogP contribution in [0.15, 0.2) is 88.2 Å². The van der Waals surface area contributed by atoms with Crippen molar-refractivity contribution in [2.75, 3.05) is 7.11 Å². The molecular formula is C25H17NO7S. The van der Waals surface area contributed by atoms with Gasteiger partial charge in [0.2, 0.25) is 5.78 Å². The van der Waals surface area contributed by atoms with Crippen LogP contribution in [0.1, 0.15) is 26.6 Å². The van der Waals surface area contributed by atoms with Gasteiger partial charge in [0.05, 0.1) is 23.1 Å². The molecule has 0 bridgehead atoms. The lowest BCUT2D eigenvalue weighted by Gasteiger charge is -2.11. The number of para-hydroxylation sites is 1. The molecule has 0 aliphatic heterocycles. The Bertz CT molecular complexity index is 1660. The van der Waals surface area contributed by atoms with E-state index in [-0.39, 0.29) is 21.6 Å². The summed E-state index contributed by atoms with van der Waals surface area (Å²) in [7, 11) is -2.96. The topological polar surface area (TPSA) is 116 Å². The van der Waals surface area contributed by atoms with Crippen LogP contribution in [0.4, 0.5) is 0 Å². The van der Waals surface area contributed by atoms with Crippen LogP contribution in [0.5, 0.6) is 5.75 Å². The average molecular weight is 475 g/mol. The maximum Gasteiger partial charge on any atom is 0.338 e. The Morgan fingerprint density at radius 3 is 2.32 bits per heavy atom.